The van der Waals surface area contributed by atoms with Crippen LogP contribution in [0.25, 0.3) is 0 Å². The lowest BCUT2D eigenvalue weighted by Gasteiger charge is -2.32. The second-order valence-electron chi connectivity index (χ2n) is 4.96. The van der Waals surface area contributed by atoms with E-state index in [1.54, 1.807) is 11.3 Å². The summed E-state index contributed by atoms with van der Waals surface area (Å²) in [4.78, 5) is 4.33. The highest BCUT2D eigenvalue weighted by Crippen LogP contribution is 2.38. The van der Waals surface area contributed by atoms with Crippen molar-refractivity contribution < 1.29 is 8.78 Å². The number of aromatic nitrogens is 1. The van der Waals surface area contributed by atoms with E-state index >= 15 is 0 Å². The third-order valence-corrected chi connectivity index (χ3v) is 4.35. The van der Waals surface area contributed by atoms with E-state index < -0.39 is 5.92 Å². The zero-order valence-corrected chi connectivity index (χ0v) is 10.8. The van der Waals surface area contributed by atoms with Crippen LogP contribution in [0.2, 0.25) is 0 Å². The minimum atomic E-state index is -2.51. The van der Waals surface area contributed by atoms with Gasteiger partial charge in [-0.1, -0.05) is 0 Å². The van der Waals surface area contributed by atoms with Gasteiger partial charge in [-0.15, -0.1) is 11.3 Å². The van der Waals surface area contributed by atoms with Crippen LogP contribution in [0, 0.1) is 12.8 Å². The molecule has 2 atom stereocenters. The van der Waals surface area contributed by atoms with E-state index in [4.69, 9.17) is 5.73 Å². The Bertz CT molecular complexity index is 378. The van der Waals surface area contributed by atoms with Crippen LogP contribution >= 0.6 is 11.3 Å². The number of aryl methyl sites for hydroxylation is 1. The standard InChI is InChI=1S/C12H18F2N2S/c1-8-7-17-11(16-8)5-10(15)9-3-2-4-12(13,14)6-9/h7,9-10H,2-6,15H2,1H3. The fourth-order valence-electron chi connectivity index (χ4n) is 2.44. The number of nitrogens with zero attached hydrogens (tertiary/aromatic N) is 1. The van der Waals surface area contributed by atoms with Gasteiger partial charge in [0.15, 0.2) is 0 Å². The lowest BCUT2D eigenvalue weighted by atomic mass is 9.81. The summed E-state index contributed by atoms with van der Waals surface area (Å²) in [5.74, 6) is -2.58. The molecule has 1 aliphatic rings. The van der Waals surface area contributed by atoms with Gasteiger partial charge < -0.3 is 5.73 Å². The Morgan fingerprint density at radius 1 is 1.65 bits per heavy atom. The highest BCUT2D eigenvalue weighted by atomic mass is 32.1. The highest BCUT2D eigenvalue weighted by molar-refractivity contribution is 7.09. The van der Waals surface area contributed by atoms with Gasteiger partial charge in [-0.3, -0.25) is 0 Å². The average molecular weight is 260 g/mol. The molecule has 0 spiro atoms. The SMILES string of the molecule is Cc1csc(CC(N)C2CCCC(F)(F)C2)n1. The molecule has 1 aromatic rings. The molecule has 0 saturated heterocycles. The van der Waals surface area contributed by atoms with Crippen LogP contribution in [-0.4, -0.2) is 16.9 Å². The van der Waals surface area contributed by atoms with Crippen molar-refractivity contribution in [2.45, 2.75) is 51.0 Å². The van der Waals surface area contributed by atoms with E-state index in [1.807, 2.05) is 12.3 Å². The van der Waals surface area contributed by atoms with Crippen molar-refractivity contribution in [3.63, 3.8) is 0 Å². The van der Waals surface area contributed by atoms with Gasteiger partial charge in [-0.25, -0.2) is 13.8 Å². The van der Waals surface area contributed by atoms with Gasteiger partial charge in [0.25, 0.3) is 0 Å². The maximum atomic E-state index is 13.3. The normalized spacial score (nSPS) is 25.8. The summed E-state index contributed by atoms with van der Waals surface area (Å²) in [5, 5.41) is 2.93. The molecule has 0 aromatic carbocycles. The molecule has 2 unspecified atom stereocenters. The summed E-state index contributed by atoms with van der Waals surface area (Å²) >= 11 is 1.56. The molecule has 1 aromatic heterocycles. The van der Waals surface area contributed by atoms with Gasteiger partial charge in [0.2, 0.25) is 5.92 Å². The molecular weight excluding hydrogens is 242 g/mol. The lowest BCUT2D eigenvalue weighted by Crippen LogP contribution is -2.39. The number of thiazole rings is 1. The summed E-state index contributed by atoms with van der Waals surface area (Å²) in [6.07, 6.45) is 1.99. The van der Waals surface area contributed by atoms with Crippen molar-refractivity contribution >= 4 is 11.3 Å². The van der Waals surface area contributed by atoms with E-state index in [-0.39, 0.29) is 24.8 Å². The molecule has 0 amide bonds. The molecule has 2 rings (SSSR count). The molecule has 1 fully saturated rings. The number of halogens is 2. The molecule has 2 N–H and O–H groups in total. The number of rotatable bonds is 3. The van der Waals surface area contributed by atoms with Crippen molar-refractivity contribution in [3.8, 4) is 0 Å². The zero-order valence-electron chi connectivity index (χ0n) is 9.96. The Morgan fingerprint density at radius 3 is 3.00 bits per heavy atom. The summed E-state index contributed by atoms with van der Waals surface area (Å²) in [5.41, 5.74) is 7.02. The van der Waals surface area contributed by atoms with Gasteiger partial charge in [-0.2, -0.15) is 0 Å². The predicted octanol–water partition coefficient (Wildman–Crippen LogP) is 3.15. The molecule has 96 valence electrons. The summed E-state index contributed by atoms with van der Waals surface area (Å²) in [6, 6.07) is -0.188. The fourth-order valence-corrected chi connectivity index (χ4v) is 3.29. The van der Waals surface area contributed by atoms with Crippen molar-refractivity contribution in [2.24, 2.45) is 11.7 Å². The Hall–Kier alpha value is -0.550. The molecule has 5 heteroatoms. The van der Waals surface area contributed by atoms with Gasteiger partial charge >= 0.3 is 0 Å². The number of alkyl halides is 2. The van der Waals surface area contributed by atoms with Crippen LogP contribution in [0.4, 0.5) is 8.78 Å². The molecular formula is C12H18F2N2S. The van der Waals surface area contributed by atoms with Gasteiger partial charge in [0.05, 0.1) is 5.01 Å². The molecule has 0 bridgehead atoms. The Kier molecular flexibility index (Phi) is 3.78. The molecule has 0 radical (unpaired) electrons. The third-order valence-electron chi connectivity index (χ3n) is 3.36. The first-order valence-electron chi connectivity index (χ1n) is 6.01. The van der Waals surface area contributed by atoms with E-state index in [9.17, 15) is 8.78 Å². The van der Waals surface area contributed by atoms with Crippen LogP contribution in [0.1, 0.15) is 36.4 Å². The highest BCUT2D eigenvalue weighted by Gasteiger charge is 2.38. The maximum absolute atomic E-state index is 13.3. The van der Waals surface area contributed by atoms with Crippen molar-refractivity contribution in [1.82, 2.24) is 4.98 Å². The van der Waals surface area contributed by atoms with Gasteiger partial charge in [0.1, 0.15) is 0 Å². The molecule has 1 saturated carbocycles. The molecule has 2 nitrogen and oxygen atoms in total. The van der Waals surface area contributed by atoms with Crippen molar-refractivity contribution in [3.05, 3.63) is 16.1 Å². The second-order valence-corrected chi connectivity index (χ2v) is 5.91. The minimum absolute atomic E-state index is 0.0204. The molecule has 17 heavy (non-hydrogen) atoms. The monoisotopic (exact) mass is 260 g/mol. The largest absolute Gasteiger partial charge is 0.327 e. The van der Waals surface area contributed by atoms with Crippen LogP contribution in [-0.2, 0) is 6.42 Å². The quantitative estimate of drug-likeness (QED) is 0.906. The Balaban J connectivity index is 1.93. The summed E-state index contributed by atoms with van der Waals surface area (Å²) < 4.78 is 26.6. The van der Waals surface area contributed by atoms with Crippen LogP contribution < -0.4 is 5.73 Å². The van der Waals surface area contributed by atoms with E-state index in [0.29, 0.717) is 12.8 Å². The molecule has 1 heterocycles. The number of nitrogens with two attached hydrogens (primary N) is 1. The lowest BCUT2D eigenvalue weighted by molar-refractivity contribution is -0.0561. The smallest absolute Gasteiger partial charge is 0.248 e. The predicted molar refractivity (Wildman–Crippen MR) is 65.4 cm³/mol. The Morgan fingerprint density at radius 2 is 2.41 bits per heavy atom. The van der Waals surface area contributed by atoms with E-state index in [0.717, 1.165) is 17.1 Å². The fraction of sp³-hybridized carbons (Fsp3) is 0.750. The first-order chi connectivity index (χ1) is 7.96. The van der Waals surface area contributed by atoms with Crippen molar-refractivity contribution in [2.75, 3.05) is 0 Å². The first-order valence-corrected chi connectivity index (χ1v) is 6.89. The summed E-state index contributed by atoms with van der Waals surface area (Å²) in [7, 11) is 0. The van der Waals surface area contributed by atoms with Crippen molar-refractivity contribution in [1.29, 1.82) is 0 Å². The van der Waals surface area contributed by atoms with Gasteiger partial charge in [0, 0.05) is 36.4 Å². The number of hydrogen-bond acceptors (Lipinski definition) is 3. The molecule has 1 aliphatic carbocycles. The topological polar surface area (TPSA) is 38.9 Å². The van der Waals surface area contributed by atoms with Crippen LogP contribution in [0.3, 0.4) is 0 Å². The average Bonchev–Trinajstić information content (AvgIpc) is 2.62. The zero-order chi connectivity index (χ0) is 12.5. The first kappa shape index (κ1) is 12.9. The molecule has 0 aliphatic heterocycles. The van der Waals surface area contributed by atoms with Crippen LogP contribution in [0.5, 0.6) is 0 Å². The Labute approximate surface area is 104 Å². The second kappa shape index (κ2) is 4.98. The third kappa shape index (κ3) is 3.45. The maximum Gasteiger partial charge on any atom is 0.248 e. The van der Waals surface area contributed by atoms with Gasteiger partial charge in [-0.05, 0) is 25.7 Å². The van der Waals surface area contributed by atoms with E-state index in [1.165, 1.54) is 0 Å². The van der Waals surface area contributed by atoms with Crippen LogP contribution in [0.15, 0.2) is 5.38 Å². The minimum Gasteiger partial charge on any atom is -0.327 e. The van der Waals surface area contributed by atoms with E-state index in [2.05, 4.69) is 4.98 Å². The summed E-state index contributed by atoms with van der Waals surface area (Å²) in [6.45, 7) is 1.93. The number of hydrogen-bond donors (Lipinski definition) is 1.